The van der Waals surface area contributed by atoms with Crippen LogP contribution in [0.3, 0.4) is 0 Å². The van der Waals surface area contributed by atoms with Gasteiger partial charge in [0, 0.05) is 32.7 Å². The smallest absolute Gasteiger partial charge is 0.114 e. The van der Waals surface area contributed by atoms with E-state index in [9.17, 15) is 0 Å². The Hall–Kier alpha value is -0.630. The highest BCUT2D eigenvalue weighted by Gasteiger charge is 2.24. The van der Waals surface area contributed by atoms with Gasteiger partial charge in [0.1, 0.15) is 5.54 Å². The molecule has 1 atom stereocenters. The molecule has 0 radical (unpaired) electrons. The van der Waals surface area contributed by atoms with Crippen molar-refractivity contribution in [1.82, 2.24) is 9.80 Å². The number of nitriles is 1. The highest BCUT2D eigenvalue weighted by Crippen LogP contribution is 2.06. The molecule has 0 aliphatic carbocycles. The molecule has 0 aromatic heterocycles. The largest absolute Gasteiger partial charge is 0.313 e. The minimum Gasteiger partial charge on any atom is -0.313 e. The quantitative estimate of drug-likeness (QED) is 0.723. The fraction of sp³-hybridized carbons (Fsp3) is 0.909. The van der Waals surface area contributed by atoms with Gasteiger partial charge in [0.25, 0.3) is 0 Å². The molecular weight excluding hydrogens is 188 g/mol. The molecule has 0 amide bonds. The maximum Gasteiger partial charge on any atom is 0.114 e. The highest BCUT2D eigenvalue weighted by atomic mass is 15.3. The number of rotatable bonds is 4. The van der Waals surface area contributed by atoms with Crippen LogP contribution in [0.2, 0.25) is 0 Å². The molecular formula is C11H22N4. The summed E-state index contributed by atoms with van der Waals surface area (Å²) in [4.78, 5) is 4.76. The molecule has 1 heterocycles. The zero-order valence-corrected chi connectivity index (χ0v) is 9.87. The van der Waals surface area contributed by atoms with Crippen LogP contribution in [0.1, 0.15) is 20.3 Å². The van der Waals surface area contributed by atoms with Crippen LogP contribution in [-0.4, -0.2) is 54.6 Å². The lowest BCUT2D eigenvalue weighted by Gasteiger charge is -2.36. The van der Waals surface area contributed by atoms with E-state index in [1.165, 1.54) is 13.0 Å². The van der Waals surface area contributed by atoms with Crippen LogP contribution in [0, 0.1) is 11.3 Å². The van der Waals surface area contributed by atoms with Crippen molar-refractivity contribution in [2.75, 3.05) is 39.3 Å². The minimum atomic E-state index is -0.701. The summed E-state index contributed by atoms with van der Waals surface area (Å²) in [7, 11) is 0. The fourth-order valence-corrected chi connectivity index (χ4v) is 1.99. The van der Waals surface area contributed by atoms with E-state index in [0.717, 1.165) is 26.2 Å². The number of hydrogen-bond donors (Lipinski definition) is 1. The lowest BCUT2D eigenvalue weighted by atomic mass is 10.1. The standard InChI is InChI=1S/C11H22N4/c1-3-4-14-5-7-15(8-6-14)10-11(2,13)9-12/h3-8,10,13H2,1-2H3. The summed E-state index contributed by atoms with van der Waals surface area (Å²) in [5, 5.41) is 8.85. The summed E-state index contributed by atoms with van der Waals surface area (Å²) < 4.78 is 0. The van der Waals surface area contributed by atoms with Gasteiger partial charge in [-0.1, -0.05) is 6.92 Å². The summed E-state index contributed by atoms with van der Waals surface area (Å²) in [6, 6.07) is 2.15. The Morgan fingerprint density at radius 3 is 2.27 bits per heavy atom. The molecule has 1 aliphatic rings. The molecule has 2 N–H and O–H groups in total. The summed E-state index contributed by atoms with van der Waals surface area (Å²) >= 11 is 0. The van der Waals surface area contributed by atoms with Crippen molar-refractivity contribution in [3.8, 4) is 6.07 Å². The van der Waals surface area contributed by atoms with Gasteiger partial charge < -0.3 is 10.6 Å². The molecule has 1 saturated heterocycles. The number of hydrogen-bond acceptors (Lipinski definition) is 4. The Balaban J connectivity index is 2.29. The predicted octanol–water partition coefficient (Wildman–Crippen LogP) is 0.255. The van der Waals surface area contributed by atoms with Gasteiger partial charge in [-0.3, -0.25) is 4.90 Å². The van der Waals surface area contributed by atoms with Crippen LogP contribution >= 0.6 is 0 Å². The summed E-state index contributed by atoms with van der Waals surface area (Å²) in [6.45, 7) is 10.2. The molecule has 0 saturated carbocycles. The van der Waals surface area contributed by atoms with E-state index in [1.807, 2.05) is 0 Å². The van der Waals surface area contributed by atoms with Gasteiger partial charge in [0.15, 0.2) is 0 Å². The molecule has 0 spiro atoms. The second-order valence-electron chi connectivity index (χ2n) is 4.65. The van der Waals surface area contributed by atoms with Gasteiger partial charge in [-0.25, -0.2) is 0 Å². The SMILES string of the molecule is CCCN1CCN(CC(C)(N)C#N)CC1. The molecule has 0 aromatic rings. The van der Waals surface area contributed by atoms with Gasteiger partial charge >= 0.3 is 0 Å². The van der Waals surface area contributed by atoms with Crippen LogP contribution < -0.4 is 5.73 Å². The normalized spacial score (nSPS) is 23.3. The predicted molar refractivity (Wildman–Crippen MR) is 61.4 cm³/mol. The Bertz CT molecular complexity index is 223. The van der Waals surface area contributed by atoms with Crippen molar-refractivity contribution in [1.29, 1.82) is 5.26 Å². The van der Waals surface area contributed by atoms with Gasteiger partial charge in [0.05, 0.1) is 6.07 Å². The molecule has 15 heavy (non-hydrogen) atoms. The van der Waals surface area contributed by atoms with Crippen molar-refractivity contribution in [3.05, 3.63) is 0 Å². The van der Waals surface area contributed by atoms with Gasteiger partial charge in [0.2, 0.25) is 0 Å². The van der Waals surface area contributed by atoms with Crippen molar-refractivity contribution in [2.24, 2.45) is 5.73 Å². The van der Waals surface area contributed by atoms with Crippen LogP contribution in [0.15, 0.2) is 0 Å². The molecule has 1 aliphatic heterocycles. The van der Waals surface area contributed by atoms with E-state index in [-0.39, 0.29) is 0 Å². The Labute approximate surface area is 92.6 Å². The average molecular weight is 210 g/mol. The molecule has 1 fully saturated rings. The molecule has 0 aromatic carbocycles. The molecule has 4 nitrogen and oxygen atoms in total. The van der Waals surface area contributed by atoms with Crippen molar-refractivity contribution >= 4 is 0 Å². The van der Waals surface area contributed by atoms with Crippen LogP contribution in [0.25, 0.3) is 0 Å². The van der Waals surface area contributed by atoms with E-state index in [4.69, 9.17) is 11.0 Å². The fourth-order valence-electron chi connectivity index (χ4n) is 1.99. The van der Waals surface area contributed by atoms with Crippen LogP contribution in [0.5, 0.6) is 0 Å². The van der Waals surface area contributed by atoms with Crippen molar-refractivity contribution in [2.45, 2.75) is 25.8 Å². The number of nitrogens with two attached hydrogens (primary N) is 1. The lowest BCUT2D eigenvalue weighted by Crippen LogP contribution is -2.53. The van der Waals surface area contributed by atoms with Gasteiger partial charge in [-0.15, -0.1) is 0 Å². The molecule has 86 valence electrons. The van der Waals surface area contributed by atoms with E-state index < -0.39 is 5.54 Å². The third-order valence-corrected chi connectivity index (χ3v) is 2.81. The van der Waals surface area contributed by atoms with Gasteiger partial charge in [-0.05, 0) is 19.9 Å². The highest BCUT2D eigenvalue weighted by molar-refractivity contribution is 5.03. The molecule has 1 rings (SSSR count). The first-order valence-electron chi connectivity index (χ1n) is 5.72. The zero-order chi connectivity index (χ0) is 11.3. The Kier molecular flexibility index (Phi) is 4.52. The second-order valence-corrected chi connectivity index (χ2v) is 4.65. The first-order chi connectivity index (χ1) is 7.07. The maximum absolute atomic E-state index is 8.85. The van der Waals surface area contributed by atoms with Crippen LogP contribution in [-0.2, 0) is 0 Å². The monoisotopic (exact) mass is 210 g/mol. The molecule has 4 heteroatoms. The first kappa shape index (κ1) is 12.4. The Morgan fingerprint density at radius 1 is 1.27 bits per heavy atom. The van der Waals surface area contributed by atoms with E-state index in [1.54, 1.807) is 6.92 Å². The van der Waals surface area contributed by atoms with Gasteiger partial charge in [-0.2, -0.15) is 5.26 Å². The average Bonchev–Trinajstić information content (AvgIpc) is 2.21. The summed E-state index contributed by atoms with van der Waals surface area (Å²) in [5.74, 6) is 0. The van der Waals surface area contributed by atoms with E-state index >= 15 is 0 Å². The van der Waals surface area contributed by atoms with E-state index in [2.05, 4.69) is 22.8 Å². The summed E-state index contributed by atoms with van der Waals surface area (Å²) in [6.07, 6.45) is 1.22. The lowest BCUT2D eigenvalue weighted by molar-refractivity contribution is 0.121. The summed E-state index contributed by atoms with van der Waals surface area (Å²) in [5.41, 5.74) is 5.12. The second kappa shape index (κ2) is 5.45. The van der Waals surface area contributed by atoms with E-state index in [0.29, 0.717) is 6.54 Å². The topological polar surface area (TPSA) is 56.3 Å². The Morgan fingerprint density at radius 2 is 1.80 bits per heavy atom. The van der Waals surface area contributed by atoms with Crippen molar-refractivity contribution < 1.29 is 0 Å². The number of piperazine rings is 1. The third kappa shape index (κ3) is 4.17. The van der Waals surface area contributed by atoms with Crippen molar-refractivity contribution in [3.63, 3.8) is 0 Å². The molecule has 0 bridgehead atoms. The number of nitrogens with zero attached hydrogens (tertiary/aromatic N) is 3. The zero-order valence-electron chi connectivity index (χ0n) is 9.87. The first-order valence-corrected chi connectivity index (χ1v) is 5.72. The molecule has 1 unspecified atom stereocenters. The maximum atomic E-state index is 8.85. The van der Waals surface area contributed by atoms with Crippen LogP contribution in [0.4, 0.5) is 0 Å². The third-order valence-electron chi connectivity index (χ3n) is 2.81. The minimum absolute atomic E-state index is 0.684.